The van der Waals surface area contributed by atoms with Gasteiger partial charge in [0.25, 0.3) is 0 Å². The summed E-state index contributed by atoms with van der Waals surface area (Å²) >= 11 is 11.4. The van der Waals surface area contributed by atoms with Crippen LogP contribution in [-0.4, -0.2) is 12.7 Å². The van der Waals surface area contributed by atoms with E-state index in [0.29, 0.717) is 22.1 Å². The molecule has 1 heterocycles. The van der Waals surface area contributed by atoms with Crippen molar-refractivity contribution in [1.29, 1.82) is 0 Å². The summed E-state index contributed by atoms with van der Waals surface area (Å²) in [6, 6.07) is 3.45. The Labute approximate surface area is 91.7 Å². The molecule has 2 nitrogen and oxygen atoms in total. The van der Waals surface area contributed by atoms with Gasteiger partial charge in [0.05, 0.1) is 10.9 Å². The van der Waals surface area contributed by atoms with E-state index in [1.807, 2.05) is 0 Å². The third-order valence-corrected chi connectivity index (χ3v) is 2.20. The Morgan fingerprint density at radius 2 is 2.00 bits per heavy atom. The molecule has 1 aromatic rings. The van der Waals surface area contributed by atoms with Crippen LogP contribution in [0.4, 0.5) is 0 Å². The van der Waals surface area contributed by atoms with E-state index in [-0.39, 0.29) is 12.7 Å². The molecular weight excluding hydrogens is 223 g/mol. The van der Waals surface area contributed by atoms with E-state index < -0.39 is 0 Å². The van der Waals surface area contributed by atoms with E-state index in [2.05, 4.69) is 11.8 Å². The summed E-state index contributed by atoms with van der Waals surface area (Å²) in [5, 5.41) is 0.548. The molecule has 0 aromatic heterocycles. The molecular formula is C10H6Cl2O2. The molecule has 2 rings (SSSR count). The highest BCUT2D eigenvalue weighted by atomic mass is 35.5. The lowest BCUT2D eigenvalue weighted by Gasteiger charge is -1.98. The molecule has 0 radical (unpaired) electrons. The second-order valence-electron chi connectivity index (χ2n) is 2.62. The number of benzene rings is 1. The second-order valence-corrected chi connectivity index (χ2v) is 3.30. The topological polar surface area (TPSA) is 18.5 Å². The maximum atomic E-state index is 5.96. The van der Waals surface area contributed by atoms with Gasteiger partial charge >= 0.3 is 0 Å². The van der Waals surface area contributed by atoms with E-state index >= 15 is 0 Å². The number of hydrogen-bond acceptors (Lipinski definition) is 2. The minimum atomic E-state index is 0.234. The van der Waals surface area contributed by atoms with Crippen molar-refractivity contribution < 1.29 is 9.47 Å². The molecule has 0 unspecified atom stereocenters. The Balaban J connectivity index is 2.42. The Morgan fingerprint density at radius 1 is 1.29 bits per heavy atom. The van der Waals surface area contributed by atoms with Gasteiger partial charge in [-0.1, -0.05) is 23.4 Å². The molecule has 1 aromatic carbocycles. The number of rotatable bonds is 0. The van der Waals surface area contributed by atoms with Crippen molar-refractivity contribution in [3.63, 3.8) is 0 Å². The molecule has 0 amide bonds. The summed E-state index contributed by atoms with van der Waals surface area (Å²) in [6.07, 6.45) is 0. The average molecular weight is 229 g/mol. The summed E-state index contributed by atoms with van der Waals surface area (Å²) in [6.45, 7) is 0.234. The quantitative estimate of drug-likeness (QED) is 0.503. The van der Waals surface area contributed by atoms with Crippen molar-refractivity contribution >= 4 is 23.2 Å². The fraction of sp³-hybridized carbons (Fsp3) is 0.200. The monoisotopic (exact) mass is 228 g/mol. The van der Waals surface area contributed by atoms with Crippen molar-refractivity contribution in [1.82, 2.24) is 0 Å². The summed E-state index contributed by atoms with van der Waals surface area (Å²) in [5.41, 5.74) is 0.705. The summed E-state index contributed by atoms with van der Waals surface area (Å²) in [5.74, 6) is 7.19. The van der Waals surface area contributed by atoms with Gasteiger partial charge < -0.3 is 9.47 Å². The number of halogens is 2. The first-order valence-corrected chi connectivity index (χ1v) is 4.86. The first-order chi connectivity index (χ1) is 6.81. The van der Waals surface area contributed by atoms with E-state index in [1.54, 1.807) is 12.1 Å². The molecule has 0 atom stereocenters. The Kier molecular flexibility index (Phi) is 2.72. The molecule has 0 bridgehead atoms. The maximum Gasteiger partial charge on any atom is 0.231 e. The van der Waals surface area contributed by atoms with Crippen LogP contribution in [0.3, 0.4) is 0 Å². The highest BCUT2D eigenvalue weighted by molar-refractivity contribution is 6.32. The van der Waals surface area contributed by atoms with E-state index in [0.717, 1.165) is 0 Å². The van der Waals surface area contributed by atoms with Crippen molar-refractivity contribution in [2.45, 2.75) is 0 Å². The Morgan fingerprint density at radius 3 is 2.71 bits per heavy atom. The molecule has 0 saturated heterocycles. The normalized spacial score (nSPS) is 12.1. The SMILES string of the molecule is ClCC#Cc1cc2c(cc1Cl)OCO2. The Bertz CT molecular complexity index is 418. The largest absolute Gasteiger partial charge is 0.454 e. The van der Waals surface area contributed by atoms with Gasteiger partial charge in [0.15, 0.2) is 11.5 Å². The van der Waals surface area contributed by atoms with Crippen LogP contribution in [0.25, 0.3) is 0 Å². The van der Waals surface area contributed by atoms with Crippen LogP contribution in [0.1, 0.15) is 5.56 Å². The zero-order valence-corrected chi connectivity index (χ0v) is 8.65. The molecule has 0 spiro atoms. The van der Waals surface area contributed by atoms with Crippen LogP contribution in [0, 0.1) is 11.8 Å². The number of hydrogen-bond donors (Lipinski definition) is 0. The lowest BCUT2D eigenvalue weighted by molar-refractivity contribution is 0.174. The van der Waals surface area contributed by atoms with Crippen LogP contribution < -0.4 is 9.47 Å². The summed E-state index contributed by atoms with van der Waals surface area (Å²) < 4.78 is 10.4. The molecule has 0 fully saturated rings. The first kappa shape index (κ1) is 9.51. The smallest absolute Gasteiger partial charge is 0.231 e. The van der Waals surface area contributed by atoms with Gasteiger partial charge in [0.2, 0.25) is 6.79 Å². The maximum absolute atomic E-state index is 5.96. The number of fused-ring (bicyclic) bond motifs is 1. The lowest BCUT2D eigenvalue weighted by atomic mass is 10.2. The first-order valence-electron chi connectivity index (χ1n) is 3.95. The van der Waals surface area contributed by atoms with Crippen molar-refractivity contribution in [3.05, 3.63) is 22.7 Å². The van der Waals surface area contributed by atoms with Gasteiger partial charge in [0.1, 0.15) is 0 Å². The fourth-order valence-electron chi connectivity index (χ4n) is 1.14. The second kappa shape index (κ2) is 4.00. The van der Waals surface area contributed by atoms with Crippen LogP contribution in [0.5, 0.6) is 11.5 Å². The van der Waals surface area contributed by atoms with E-state index in [9.17, 15) is 0 Å². The molecule has 1 aliphatic rings. The molecule has 4 heteroatoms. The predicted molar refractivity (Wildman–Crippen MR) is 55.2 cm³/mol. The molecule has 0 N–H and O–H groups in total. The van der Waals surface area contributed by atoms with Gasteiger partial charge in [-0.2, -0.15) is 0 Å². The standard InChI is InChI=1S/C10H6Cl2O2/c11-3-1-2-7-4-9-10(5-8(7)12)14-6-13-9/h4-5H,3,6H2. The van der Waals surface area contributed by atoms with Crippen LogP contribution in [-0.2, 0) is 0 Å². The van der Waals surface area contributed by atoms with Crippen molar-refractivity contribution in [2.24, 2.45) is 0 Å². The van der Waals surface area contributed by atoms with Crippen molar-refractivity contribution in [3.8, 4) is 23.3 Å². The summed E-state index contributed by atoms with van der Waals surface area (Å²) in [4.78, 5) is 0. The Hall–Kier alpha value is -1.04. The zero-order valence-electron chi connectivity index (χ0n) is 7.14. The minimum Gasteiger partial charge on any atom is -0.454 e. The fourth-order valence-corrected chi connectivity index (χ4v) is 1.41. The van der Waals surface area contributed by atoms with Crippen LogP contribution >= 0.6 is 23.2 Å². The van der Waals surface area contributed by atoms with Gasteiger partial charge in [-0.3, -0.25) is 0 Å². The highest BCUT2D eigenvalue weighted by Gasteiger charge is 2.15. The minimum absolute atomic E-state index is 0.234. The van der Waals surface area contributed by atoms with Crippen molar-refractivity contribution in [2.75, 3.05) is 12.7 Å². The number of alkyl halides is 1. The molecule has 1 aliphatic heterocycles. The molecule has 72 valence electrons. The van der Waals surface area contributed by atoms with E-state index in [1.165, 1.54) is 0 Å². The zero-order chi connectivity index (χ0) is 9.97. The average Bonchev–Trinajstić information content (AvgIpc) is 2.61. The van der Waals surface area contributed by atoms with Crippen LogP contribution in [0.2, 0.25) is 5.02 Å². The lowest BCUT2D eigenvalue weighted by Crippen LogP contribution is -1.92. The van der Waals surface area contributed by atoms with Gasteiger partial charge in [0, 0.05) is 17.7 Å². The highest BCUT2D eigenvalue weighted by Crippen LogP contribution is 2.36. The third-order valence-electron chi connectivity index (χ3n) is 1.75. The molecule has 14 heavy (non-hydrogen) atoms. The predicted octanol–water partition coefficient (Wildman–Crippen LogP) is 2.66. The third kappa shape index (κ3) is 1.75. The molecule has 0 aliphatic carbocycles. The number of ether oxygens (including phenoxy) is 2. The molecule has 0 saturated carbocycles. The van der Waals surface area contributed by atoms with Crippen LogP contribution in [0.15, 0.2) is 12.1 Å². The van der Waals surface area contributed by atoms with Gasteiger partial charge in [-0.15, -0.1) is 11.6 Å². The van der Waals surface area contributed by atoms with E-state index in [4.69, 9.17) is 32.7 Å². The summed E-state index contributed by atoms with van der Waals surface area (Å²) in [7, 11) is 0. The van der Waals surface area contributed by atoms with Gasteiger partial charge in [-0.25, -0.2) is 0 Å². The van der Waals surface area contributed by atoms with Gasteiger partial charge in [-0.05, 0) is 0 Å².